The predicted molar refractivity (Wildman–Crippen MR) is 82.1 cm³/mol. The Bertz CT molecular complexity index is 500. The number of nitrogens with one attached hydrogen (secondary N) is 1. The van der Waals surface area contributed by atoms with E-state index >= 15 is 0 Å². The Balaban J connectivity index is 2.03. The van der Waals surface area contributed by atoms with Crippen LogP contribution in [0.4, 0.5) is 0 Å². The van der Waals surface area contributed by atoms with Gasteiger partial charge in [-0.15, -0.1) is 0 Å². The van der Waals surface area contributed by atoms with E-state index in [2.05, 4.69) is 23.8 Å². The van der Waals surface area contributed by atoms with Crippen LogP contribution in [0.3, 0.4) is 0 Å². The standard InChI is InChI=1S/C14H24ClN5/c1-4-10-12(15)11(19(3)18-10)9-20-7-5-14(2,6-8-20)13(16)17/h4-9H2,1-3H3,(H3,16,17). The Morgan fingerprint density at radius 3 is 2.50 bits per heavy atom. The van der Waals surface area contributed by atoms with Gasteiger partial charge in [0.25, 0.3) is 0 Å². The molecule has 2 heterocycles. The van der Waals surface area contributed by atoms with Crippen LogP contribution in [0.1, 0.15) is 38.1 Å². The third kappa shape index (κ3) is 2.83. The molecule has 1 aliphatic rings. The fourth-order valence-electron chi connectivity index (χ4n) is 2.68. The molecule has 0 amide bonds. The molecule has 0 spiro atoms. The molecule has 20 heavy (non-hydrogen) atoms. The molecule has 1 aromatic rings. The van der Waals surface area contributed by atoms with Crippen LogP contribution in [-0.2, 0) is 20.0 Å². The molecule has 6 heteroatoms. The number of rotatable bonds is 4. The van der Waals surface area contributed by atoms with Crippen molar-refractivity contribution in [3.8, 4) is 0 Å². The first kappa shape index (κ1) is 15.3. The molecule has 1 aromatic heterocycles. The number of nitrogens with zero attached hydrogens (tertiary/aromatic N) is 3. The van der Waals surface area contributed by atoms with E-state index in [0.29, 0.717) is 5.84 Å². The van der Waals surface area contributed by atoms with Gasteiger partial charge in [-0.1, -0.05) is 25.4 Å². The molecular weight excluding hydrogens is 274 g/mol. The lowest BCUT2D eigenvalue weighted by Crippen LogP contribution is -2.45. The SMILES string of the molecule is CCc1nn(C)c(CN2CCC(C)(C(=N)N)CC2)c1Cl. The topological polar surface area (TPSA) is 70.9 Å². The quantitative estimate of drug-likeness (QED) is 0.661. The molecule has 5 nitrogen and oxygen atoms in total. The lowest BCUT2D eigenvalue weighted by molar-refractivity contribution is 0.153. The third-order valence-corrected chi connectivity index (χ3v) is 4.92. The smallest absolute Gasteiger partial charge is 0.0966 e. The molecular formula is C14H24ClN5. The van der Waals surface area contributed by atoms with Crippen LogP contribution >= 0.6 is 11.6 Å². The first-order chi connectivity index (χ1) is 9.37. The number of hydrogen-bond donors (Lipinski definition) is 2. The molecule has 3 N–H and O–H groups in total. The van der Waals surface area contributed by atoms with Gasteiger partial charge in [0, 0.05) is 19.0 Å². The molecule has 1 fully saturated rings. The van der Waals surface area contributed by atoms with Gasteiger partial charge >= 0.3 is 0 Å². The van der Waals surface area contributed by atoms with Crippen molar-refractivity contribution in [1.29, 1.82) is 5.41 Å². The number of nitrogens with two attached hydrogens (primary N) is 1. The minimum absolute atomic E-state index is 0.138. The highest BCUT2D eigenvalue weighted by molar-refractivity contribution is 6.31. The largest absolute Gasteiger partial charge is 0.387 e. The van der Waals surface area contributed by atoms with E-state index in [-0.39, 0.29) is 5.41 Å². The lowest BCUT2D eigenvalue weighted by Gasteiger charge is -2.38. The van der Waals surface area contributed by atoms with Crippen molar-refractivity contribution >= 4 is 17.4 Å². The Labute approximate surface area is 125 Å². The Morgan fingerprint density at radius 2 is 2.05 bits per heavy atom. The normalized spacial score (nSPS) is 19.2. The number of aryl methyl sites for hydroxylation is 2. The molecule has 112 valence electrons. The summed E-state index contributed by atoms with van der Waals surface area (Å²) in [6.07, 6.45) is 2.71. The van der Waals surface area contributed by atoms with E-state index in [1.807, 2.05) is 11.7 Å². The second kappa shape index (κ2) is 5.74. The monoisotopic (exact) mass is 297 g/mol. The highest BCUT2D eigenvalue weighted by Crippen LogP contribution is 2.32. The van der Waals surface area contributed by atoms with Gasteiger partial charge in [0.1, 0.15) is 0 Å². The minimum atomic E-state index is -0.138. The molecule has 1 saturated heterocycles. The fraction of sp³-hybridized carbons (Fsp3) is 0.714. The maximum absolute atomic E-state index is 7.69. The van der Waals surface area contributed by atoms with Crippen LogP contribution in [0.25, 0.3) is 0 Å². The van der Waals surface area contributed by atoms with E-state index < -0.39 is 0 Å². The maximum atomic E-state index is 7.69. The Kier molecular flexibility index (Phi) is 4.39. The summed E-state index contributed by atoms with van der Waals surface area (Å²) in [5.74, 6) is 0.309. The average Bonchev–Trinajstić information content (AvgIpc) is 2.68. The van der Waals surface area contributed by atoms with Gasteiger partial charge in [-0.2, -0.15) is 5.10 Å². The van der Waals surface area contributed by atoms with Crippen molar-refractivity contribution in [2.75, 3.05) is 13.1 Å². The van der Waals surface area contributed by atoms with Gasteiger partial charge < -0.3 is 5.73 Å². The summed E-state index contributed by atoms with van der Waals surface area (Å²) >= 11 is 6.39. The molecule has 0 unspecified atom stereocenters. The van der Waals surface area contributed by atoms with Gasteiger partial charge in [-0.05, 0) is 32.4 Å². The fourth-order valence-corrected chi connectivity index (χ4v) is 3.03. The molecule has 0 saturated carbocycles. The molecule has 0 aromatic carbocycles. The average molecular weight is 298 g/mol. The number of likely N-dealkylation sites (tertiary alicyclic amines) is 1. The van der Waals surface area contributed by atoms with Crippen molar-refractivity contribution in [1.82, 2.24) is 14.7 Å². The second-order valence-electron chi connectivity index (χ2n) is 5.94. The molecule has 0 atom stereocenters. The highest BCUT2D eigenvalue weighted by atomic mass is 35.5. The number of piperidine rings is 1. The highest BCUT2D eigenvalue weighted by Gasteiger charge is 2.33. The van der Waals surface area contributed by atoms with Crippen molar-refractivity contribution in [3.63, 3.8) is 0 Å². The van der Waals surface area contributed by atoms with Crippen LogP contribution in [0, 0.1) is 10.8 Å². The van der Waals surface area contributed by atoms with Gasteiger partial charge in [0.05, 0.1) is 22.2 Å². The Hall–Kier alpha value is -1.07. The number of amidine groups is 1. The van der Waals surface area contributed by atoms with Gasteiger partial charge in [-0.3, -0.25) is 15.0 Å². The van der Waals surface area contributed by atoms with Crippen LogP contribution in [0.2, 0.25) is 5.02 Å². The second-order valence-corrected chi connectivity index (χ2v) is 6.31. The summed E-state index contributed by atoms with van der Waals surface area (Å²) in [5, 5.41) is 12.9. The summed E-state index contributed by atoms with van der Waals surface area (Å²) in [4.78, 5) is 2.37. The van der Waals surface area contributed by atoms with Gasteiger partial charge in [0.2, 0.25) is 0 Å². The molecule has 0 aliphatic carbocycles. The summed E-state index contributed by atoms with van der Waals surface area (Å²) in [5.41, 5.74) is 7.61. The van der Waals surface area contributed by atoms with Gasteiger partial charge in [-0.25, -0.2) is 0 Å². The van der Waals surface area contributed by atoms with Crippen molar-refractivity contribution in [3.05, 3.63) is 16.4 Å². The van der Waals surface area contributed by atoms with Crippen molar-refractivity contribution in [2.24, 2.45) is 18.2 Å². The van der Waals surface area contributed by atoms with Gasteiger partial charge in [0.15, 0.2) is 0 Å². The molecule has 0 bridgehead atoms. The summed E-state index contributed by atoms with van der Waals surface area (Å²) < 4.78 is 1.89. The van der Waals surface area contributed by atoms with E-state index in [0.717, 1.165) is 55.3 Å². The van der Waals surface area contributed by atoms with Crippen LogP contribution < -0.4 is 5.73 Å². The summed E-state index contributed by atoms with van der Waals surface area (Å²) in [6, 6.07) is 0. The zero-order valence-electron chi connectivity index (χ0n) is 12.5. The lowest BCUT2D eigenvalue weighted by atomic mass is 9.79. The first-order valence-electron chi connectivity index (χ1n) is 7.14. The zero-order valence-corrected chi connectivity index (χ0v) is 13.3. The summed E-state index contributed by atoms with van der Waals surface area (Å²) in [6.45, 7) is 6.85. The van der Waals surface area contributed by atoms with E-state index in [1.54, 1.807) is 0 Å². The molecule has 1 aliphatic heterocycles. The number of halogens is 1. The van der Waals surface area contributed by atoms with Crippen molar-refractivity contribution < 1.29 is 0 Å². The van der Waals surface area contributed by atoms with Crippen LogP contribution in [0.15, 0.2) is 0 Å². The number of aromatic nitrogens is 2. The zero-order chi connectivity index (χ0) is 14.9. The molecule has 2 rings (SSSR count). The number of hydrogen-bond acceptors (Lipinski definition) is 3. The van der Waals surface area contributed by atoms with Crippen LogP contribution in [0.5, 0.6) is 0 Å². The van der Waals surface area contributed by atoms with Crippen molar-refractivity contribution in [2.45, 2.75) is 39.7 Å². The van der Waals surface area contributed by atoms with E-state index in [4.69, 9.17) is 22.7 Å². The first-order valence-corrected chi connectivity index (χ1v) is 7.52. The van der Waals surface area contributed by atoms with E-state index in [1.165, 1.54) is 0 Å². The predicted octanol–water partition coefficient (Wildman–Crippen LogP) is 2.17. The molecule has 0 radical (unpaired) electrons. The minimum Gasteiger partial charge on any atom is -0.387 e. The third-order valence-electron chi connectivity index (χ3n) is 4.49. The summed E-state index contributed by atoms with van der Waals surface area (Å²) in [7, 11) is 1.95. The van der Waals surface area contributed by atoms with E-state index in [9.17, 15) is 0 Å². The maximum Gasteiger partial charge on any atom is 0.0966 e. The van der Waals surface area contributed by atoms with Crippen LogP contribution in [-0.4, -0.2) is 33.6 Å². The Morgan fingerprint density at radius 1 is 1.45 bits per heavy atom.